The molecular weight excluding hydrogens is 444 g/mol. The lowest BCUT2D eigenvalue weighted by molar-refractivity contribution is -0.114. The van der Waals surface area contributed by atoms with Gasteiger partial charge in [0.15, 0.2) is 11.5 Å². The van der Waals surface area contributed by atoms with Crippen molar-refractivity contribution in [1.82, 2.24) is 0 Å². The Balaban J connectivity index is 2.01. The number of furan rings is 1. The second-order valence-corrected chi connectivity index (χ2v) is 11.0. The van der Waals surface area contributed by atoms with Crippen LogP contribution in [0.4, 0.5) is 5.69 Å². The van der Waals surface area contributed by atoms with Crippen LogP contribution in [0.15, 0.2) is 98.3 Å². The van der Waals surface area contributed by atoms with Gasteiger partial charge >= 0.3 is 0 Å². The zero-order chi connectivity index (χ0) is 24.7. The molecule has 0 amide bonds. The number of ketones is 1. The molecule has 0 bridgehead atoms. The van der Waals surface area contributed by atoms with Crippen LogP contribution < -0.4 is 0 Å². The first-order valence-electron chi connectivity index (χ1n) is 11.3. The number of carbonyl (C=O) groups is 1. The van der Waals surface area contributed by atoms with E-state index in [1.165, 1.54) is 0 Å². The summed E-state index contributed by atoms with van der Waals surface area (Å²) in [5.74, 6) is 0.689. The maximum absolute atomic E-state index is 13.4. The maximum Gasteiger partial charge on any atom is 0.186 e. The third-order valence-electron chi connectivity index (χ3n) is 5.79. The molecule has 1 aliphatic rings. The minimum Gasteiger partial charge on any atom is -0.461 e. The lowest BCUT2D eigenvalue weighted by Crippen LogP contribution is -2.28. The quantitative estimate of drug-likeness (QED) is 0.357. The topological polar surface area (TPSA) is 54.9 Å². The summed E-state index contributed by atoms with van der Waals surface area (Å²) in [6.07, 6.45) is 5.59. The van der Waals surface area contributed by atoms with Crippen LogP contribution >= 0.6 is 11.6 Å². The zero-order valence-corrected chi connectivity index (χ0v) is 21.2. The zero-order valence-electron chi connectivity index (χ0n) is 20.4. The molecule has 0 atom stereocenters. The fourth-order valence-electron chi connectivity index (χ4n) is 3.91. The summed E-state index contributed by atoms with van der Waals surface area (Å²) in [7, 11) is 0. The number of allylic oxidation sites excluding steroid dienone is 5. The van der Waals surface area contributed by atoms with Gasteiger partial charge in [0.25, 0.3) is 0 Å². The van der Waals surface area contributed by atoms with Gasteiger partial charge in [0, 0.05) is 32.5 Å². The number of hydrogen-bond acceptors (Lipinski definition) is 4. The molecule has 2 aromatic carbocycles. The number of Topliss-reactive ketones (excluding diaryl/α,β-unsaturated/α-hetero) is 1. The van der Waals surface area contributed by atoms with Gasteiger partial charge in [0.1, 0.15) is 5.70 Å². The van der Waals surface area contributed by atoms with Crippen LogP contribution in [-0.4, -0.2) is 5.78 Å². The van der Waals surface area contributed by atoms with E-state index >= 15 is 0 Å². The maximum atomic E-state index is 13.4. The molecule has 34 heavy (non-hydrogen) atoms. The van der Waals surface area contributed by atoms with Gasteiger partial charge in [0.05, 0.1) is 12.0 Å². The van der Waals surface area contributed by atoms with Crippen LogP contribution in [0.2, 0.25) is 5.02 Å². The highest BCUT2D eigenvalue weighted by Crippen LogP contribution is 2.42. The molecule has 0 spiro atoms. The van der Waals surface area contributed by atoms with Gasteiger partial charge in [-0.1, -0.05) is 77.4 Å². The van der Waals surface area contributed by atoms with Crippen LogP contribution in [0, 0.1) is 10.8 Å². The second-order valence-electron chi connectivity index (χ2n) is 10.6. The predicted molar refractivity (Wildman–Crippen MR) is 139 cm³/mol. The van der Waals surface area contributed by atoms with Crippen LogP contribution in [0.1, 0.15) is 47.3 Å². The number of hydrogen-bond donors (Lipinski definition) is 0. The molecule has 5 heteroatoms. The molecule has 4 nitrogen and oxygen atoms in total. The Bertz CT molecular complexity index is 1340. The lowest BCUT2D eigenvalue weighted by Gasteiger charge is -2.31. The molecule has 1 aromatic heterocycles. The van der Waals surface area contributed by atoms with Crippen LogP contribution in [0.3, 0.4) is 0 Å². The van der Waals surface area contributed by atoms with Gasteiger partial charge in [-0.3, -0.25) is 4.79 Å². The van der Waals surface area contributed by atoms with Crippen molar-refractivity contribution in [2.24, 2.45) is 21.1 Å². The Labute approximate surface area is 205 Å². The fourth-order valence-corrected chi connectivity index (χ4v) is 4.03. The number of carbonyl (C=O) groups excluding carboxylic acids is 1. The van der Waals surface area contributed by atoms with Crippen molar-refractivity contribution in [2.75, 3.05) is 0 Å². The van der Waals surface area contributed by atoms with Gasteiger partial charge in [-0.2, -0.15) is 5.11 Å². The Morgan fingerprint density at radius 1 is 0.853 bits per heavy atom. The number of rotatable bonds is 3. The Morgan fingerprint density at radius 3 is 2.03 bits per heavy atom. The first-order valence-corrected chi connectivity index (χ1v) is 11.7. The van der Waals surface area contributed by atoms with Crippen molar-refractivity contribution in [1.29, 1.82) is 0 Å². The third kappa shape index (κ3) is 4.83. The average Bonchev–Trinajstić information content (AvgIpc) is 3.18. The highest BCUT2D eigenvalue weighted by Gasteiger charge is 2.35. The third-order valence-corrected chi connectivity index (χ3v) is 6.05. The van der Waals surface area contributed by atoms with E-state index in [1.807, 2.05) is 48.6 Å². The van der Waals surface area contributed by atoms with Gasteiger partial charge in [-0.15, -0.1) is 5.11 Å². The van der Waals surface area contributed by atoms with Gasteiger partial charge in [-0.05, 0) is 47.2 Å². The van der Waals surface area contributed by atoms with E-state index in [9.17, 15) is 4.79 Å². The number of nitrogens with zero attached hydrogens (tertiary/aromatic N) is 2. The molecule has 0 aliphatic heterocycles. The lowest BCUT2D eigenvalue weighted by atomic mass is 9.71. The van der Waals surface area contributed by atoms with E-state index in [-0.39, 0.29) is 16.6 Å². The van der Waals surface area contributed by atoms with E-state index in [4.69, 9.17) is 16.0 Å². The largest absolute Gasteiger partial charge is 0.461 e. The van der Waals surface area contributed by atoms with Crippen molar-refractivity contribution in [3.8, 4) is 0 Å². The monoisotopic (exact) mass is 472 g/mol. The number of azo groups is 1. The Kier molecular flexibility index (Phi) is 6.22. The summed E-state index contributed by atoms with van der Waals surface area (Å²) in [6, 6.07) is 15.1. The number of benzene rings is 2. The first-order chi connectivity index (χ1) is 15.9. The Morgan fingerprint density at radius 2 is 1.44 bits per heavy atom. The van der Waals surface area contributed by atoms with Crippen molar-refractivity contribution >= 4 is 39.5 Å². The van der Waals surface area contributed by atoms with Gasteiger partial charge in [-0.25, -0.2) is 0 Å². The smallest absolute Gasteiger partial charge is 0.186 e. The van der Waals surface area contributed by atoms with Crippen molar-refractivity contribution in [2.45, 2.75) is 41.5 Å². The van der Waals surface area contributed by atoms with Crippen LogP contribution in [0.5, 0.6) is 0 Å². The van der Waals surface area contributed by atoms with E-state index in [2.05, 4.69) is 51.8 Å². The number of fused-ring (bicyclic) bond motifs is 1. The summed E-state index contributed by atoms with van der Waals surface area (Å²) in [5, 5.41) is 11.7. The molecular formula is C29H29ClN2O2. The average molecular weight is 473 g/mol. The van der Waals surface area contributed by atoms with Gasteiger partial charge < -0.3 is 4.42 Å². The van der Waals surface area contributed by atoms with Crippen molar-refractivity contribution < 1.29 is 9.21 Å². The molecule has 3 aromatic rings. The Hall–Kier alpha value is -3.24. The highest BCUT2D eigenvalue weighted by molar-refractivity contribution is 6.30. The molecule has 174 valence electrons. The molecule has 1 heterocycles. The minimum absolute atomic E-state index is 0.0713. The highest BCUT2D eigenvalue weighted by atomic mass is 35.5. The van der Waals surface area contributed by atoms with Crippen LogP contribution in [-0.2, 0) is 4.79 Å². The minimum atomic E-state index is -0.337. The predicted octanol–water partition coefficient (Wildman–Crippen LogP) is 9.11. The molecule has 0 saturated heterocycles. The van der Waals surface area contributed by atoms with E-state index in [0.29, 0.717) is 22.2 Å². The number of halogens is 1. The van der Waals surface area contributed by atoms with Crippen molar-refractivity contribution in [3.63, 3.8) is 0 Å². The first kappa shape index (κ1) is 23.9. The molecule has 0 N–H and O–H groups in total. The van der Waals surface area contributed by atoms with E-state index < -0.39 is 0 Å². The SMILES string of the molecule is CC(C)(C)C1=CC(=C(N=Nc2ccc(Cl)cc2)c2occ3ccccc23)C=C(C(C)(C)C)C1=O. The molecule has 0 unspecified atom stereocenters. The molecule has 0 radical (unpaired) electrons. The summed E-state index contributed by atoms with van der Waals surface area (Å²) in [5.41, 5.74) is 2.85. The van der Waals surface area contributed by atoms with E-state index in [1.54, 1.807) is 18.4 Å². The van der Waals surface area contributed by atoms with Crippen molar-refractivity contribution in [3.05, 3.63) is 94.4 Å². The normalized spacial score (nSPS) is 15.1. The summed E-state index contributed by atoms with van der Waals surface area (Å²) < 4.78 is 6.03. The molecule has 0 saturated carbocycles. The molecule has 1 aliphatic carbocycles. The van der Waals surface area contributed by atoms with Gasteiger partial charge in [0.2, 0.25) is 0 Å². The standard InChI is InChI=1S/C29H29ClN2O2/c1-28(2,3)23-15-19(16-24(26(23)33)29(4,5)6)25(32-31-21-13-11-20(30)12-14-21)27-22-10-8-7-9-18(22)17-34-27/h7-17H,1-6H3. The van der Waals surface area contributed by atoms with Crippen LogP contribution in [0.25, 0.3) is 16.5 Å². The summed E-state index contributed by atoms with van der Waals surface area (Å²) >= 11 is 6.03. The second kappa shape index (κ2) is 8.84. The fraction of sp³-hybridized carbons (Fsp3) is 0.276. The molecule has 0 fully saturated rings. The summed E-state index contributed by atoms with van der Waals surface area (Å²) in [6.45, 7) is 12.3. The van der Waals surface area contributed by atoms with E-state index in [0.717, 1.165) is 27.5 Å². The molecule has 4 rings (SSSR count). The summed E-state index contributed by atoms with van der Waals surface area (Å²) in [4.78, 5) is 13.4.